The standard InChI is InChI=1S/C14H27N3/c1-13-11-16-17(12-13)10-8-6-5-7-9-15-14(2,3)4/h11-12,15H,5-10H2,1-4H3. The monoisotopic (exact) mass is 237 g/mol. The van der Waals surface area contributed by atoms with Gasteiger partial charge in [-0.25, -0.2) is 0 Å². The lowest BCUT2D eigenvalue weighted by Crippen LogP contribution is -2.36. The van der Waals surface area contributed by atoms with Crippen LogP contribution in [0.5, 0.6) is 0 Å². The molecule has 1 N–H and O–H groups in total. The minimum absolute atomic E-state index is 0.257. The molecule has 3 heteroatoms. The topological polar surface area (TPSA) is 29.9 Å². The molecule has 0 aliphatic heterocycles. The van der Waals surface area contributed by atoms with Gasteiger partial charge in [0.05, 0.1) is 6.20 Å². The number of hydrogen-bond acceptors (Lipinski definition) is 2. The van der Waals surface area contributed by atoms with Crippen LogP contribution in [0.2, 0.25) is 0 Å². The second-order valence-electron chi connectivity index (χ2n) is 5.87. The summed E-state index contributed by atoms with van der Waals surface area (Å²) >= 11 is 0. The molecule has 1 aromatic heterocycles. The minimum Gasteiger partial charge on any atom is -0.312 e. The number of aryl methyl sites for hydroxylation is 2. The molecule has 3 nitrogen and oxygen atoms in total. The summed E-state index contributed by atoms with van der Waals surface area (Å²) in [5, 5.41) is 7.80. The van der Waals surface area contributed by atoms with Gasteiger partial charge in [-0.1, -0.05) is 12.8 Å². The van der Waals surface area contributed by atoms with Crippen molar-refractivity contribution in [2.24, 2.45) is 0 Å². The molecule has 1 aromatic rings. The Bertz CT molecular complexity index is 310. The predicted octanol–water partition coefficient (Wildman–Crippen LogP) is 3.14. The maximum atomic E-state index is 4.29. The van der Waals surface area contributed by atoms with E-state index in [4.69, 9.17) is 0 Å². The lowest BCUT2D eigenvalue weighted by Gasteiger charge is -2.20. The zero-order valence-electron chi connectivity index (χ0n) is 11.8. The van der Waals surface area contributed by atoms with Gasteiger partial charge >= 0.3 is 0 Å². The van der Waals surface area contributed by atoms with Gasteiger partial charge in [0.15, 0.2) is 0 Å². The first-order valence-electron chi connectivity index (χ1n) is 6.71. The molecular weight excluding hydrogens is 210 g/mol. The summed E-state index contributed by atoms with van der Waals surface area (Å²) in [6.07, 6.45) is 9.15. The molecule has 0 radical (unpaired) electrons. The van der Waals surface area contributed by atoms with Crippen molar-refractivity contribution in [2.75, 3.05) is 6.54 Å². The van der Waals surface area contributed by atoms with Crippen molar-refractivity contribution in [1.82, 2.24) is 15.1 Å². The second kappa shape index (κ2) is 6.80. The third-order valence-electron chi connectivity index (χ3n) is 2.73. The molecule has 0 aromatic carbocycles. The van der Waals surface area contributed by atoms with E-state index < -0.39 is 0 Å². The summed E-state index contributed by atoms with van der Waals surface area (Å²) in [5.41, 5.74) is 1.51. The molecule has 17 heavy (non-hydrogen) atoms. The second-order valence-corrected chi connectivity index (χ2v) is 5.87. The van der Waals surface area contributed by atoms with Crippen molar-refractivity contribution in [3.8, 4) is 0 Å². The zero-order valence-corrected chi connectivity index (χ0v) is 11.8. The van der Waals surface area contributed by atoms with E-state index >= 15 is 0 Å². The van der Waals surface area contributed by atoms with Gasteiger partial charge in [-0.3, -0.25) is 4.68 Å². The third-order valence-corrected chi connectivity index (χ3v) is 2.73. The molecular formula is C14H27N3. The maximum absolute atomic E-state index is 4.29. The van der Waals surface area contributed by atoms with Crippen LogP contribution in [0, 0.1) is 6.92 Å². The van der Waals surface area contributed by atoms with Gasteiger partial charge in [0, 0.05) is 18.3 Å². The summed E-state index contributed by atoms with van der Waals surface area (Å²) in [6, 6.07) is 0. The number of unbranched alkanes of at least 4 members (excludes halogenated alkanes) is 3. The molecule has 0 spiro atoms. The van der Waals surface area contributed by atoms with Gasteiger partial charge in [0.2, 0.25) is 0 Å². The van der Waals surface area contributed by atoms with Crippen LogP contribution >= 0.6 is 0 Å². The SMILES string of the molecule is Cc1cnn(CCCCCCNC(C)(C)C)c1. The van der Waals surface area contributed by atoms with E-state index in [1.807, 2.05) is 10.9 Å². The molecule has 98 valence electrons. The quantitative estimate of drug-likeness (QED) is 0.738. The molecule has 0 saturated carbocycles. The Morgan fingerprint density at radius 1 is 1.18 bits per heavy atom. The summed E-state index contributed by atoms with van der Waals surface area (Å²) < 4.78 is 2.04. The van der Waals surface area contributed by atoms with Gasteiger partial charge in [-0.15, -0.1) is 0 Å². The van der Waals surface area contributed by atoms with Crippen molar-refractivity contribution < 1.29 is 0 Å². The smallest absolute Gasteiger partial charge is 0.0518 e. The normalized spacial score (nSPS) is 12.0. The fraction of sp³-hybridized carbons (Fsp3) is 0.786. The Morgan fingerprint density at radius 2 is 1.88 bits per heavy atom. The highest BCUT2D eigenvalue weighted by Crippen LogP contribution is 2.04. The van der Waals surface area contributed by atoms with Crippen molar-refractivity contribution in [3.05, 3.63) is 18.0 Å². The fourth-order valence-electron chi connectivity index (χ4n) is 1.80. The lowest BCUT2D eigenvalue weighted by molar-refractivity contribution is 0.414. The number of aromatic nitrogens is 2. The Balaban J connectivity index is 1.95. The van der Waals surface area contributed by atoms with Crippen molar-refractivity contribution in [2.45, 2.75) is 65.5 Å². The van der Waals surface area contributed by atoms with Crippen molar-refractivity contribution >= 4 is 0 Å². The highest BCUT2D eigenvalue weighted by atomic mass is 15.3. The van der Waals surface area contributed by atoms with E-state index in [-0.39, 0.29) is 5.54 Å². The van der Waals surface area contributed by atoms with E-state index in [1.54, 1.807) is 0 Å². The minimum atomic E-state index is 0.257. The molecule has 0 amide bonds. The van der Waals surface area contributed by atoms with E-state index in [9.17, 15) is 0 Å². The predicted molar refractivity (Wildman–Crippen MR) is 73.2 cm³/mol. The molecule has 0 aliphatic carbocycles. The van der Waals surface area contributed by atoms with Crippen LogP contribution in [0.15, 0.2) is 12.4 Å². The Kier molecular flexibility index (Phi) is 5.69. The molecule has 0 fully saturated rings. The first kappa shape index (κ1) is 14.2. The van der Waals surface area contributed by atoms with E-state index in [1.165, 1.54) is 31.2 Å². The summed E-state index contributed by atoms with van der Waals surface area (Å²) in [4.78, 5) is 0. The summed E-state index contributed by atoms with van der Waals surface area (Å²) in [6.45, 7) is 10.9. The van der Waals surface area contributed by atoms with E-state index in [0.29, 0.717) is 0 Å². The third kappa shape index (κ3) is 7.16. The lowest BCUT2D eigenvalue weighted by atomic mass is 10.1. The molecule has 0 unspecified atom stereocenters. The van der Waals surface area contributed by atoms with Gasteiger partial charge < -0.3 is 5.32 Å². The zero-order chi connectivity index (χ0) is 12.7. The number of hydrogen-bond donors (Lipinski definition) is 1. The molecule has 0 saturated heterocycles. The first-order chi connectivity index (χ1) is 7.97. The number of nitrogens with zero attached hydrogens (tertiary/aromatic N) is 2. The average Bonchev–Trinajstić information content (AvgIpc) is 2.61. The van der Waals surface area contributed by atoms with Crippen LogP contribution in [0.3, 0.4) is 0 Å². The summed E-state index contributed by atoms with van der Waals surface area (Å²) in [5.74, 6) is 0. The van der Waals surface area contributed by atoms with Crippen LogP contribution in [0.1, 0.15) is 52.0 Å². The van der Waals surface area contributed by atoms with Crippen LogP contribution < -0.4 is 5.32 Å². The summed E-state index contributed by atoms with van der Waals surface area (Å²) in [7, 11) is 0. The fourth-order valence-corrected chi connectivity index (χ4v) is 1.80. The highest BCUT2D eigenvalue weighted by molar-refractivity contribution is 4.99. The Labute approximate surface area is 106 Å². The largest absolute Gasteiger partial charge is 0.312 e. The Hall–Kier alpha value is -0.830. The molecule has 0 atom stereocenters. The number of rotatable bonds is 7. The molecule has 1 heterocycles. The van der Waals surface area contributed by atoms with Gasteiger partial charge in [0.25, 0.3) is 0 Å². The highest BCUT2D eigenvalue weighted by Gasteiger charge is 2.06. The molecule has 1 rings (SSSR count). The molecule has 0 aliphatic rings. The van der Waals surface area contributed by atoms with E-state index in [2.05, 4.69) is 44.3 Å². The Morgan fingerprint density at radius 3 is 2.47 bits per heavy atom. The van der Waals surface area contributed by atoms with Gasteiger partial charge in [0.1, 0.15) is 0 Å². The van der Waals surface area contributed by atoms with Crippen molar-refractivity contribution in [3.63, 3.8) is 0 Å². The van der Waals surface area contributed by atoms with Gasteiger partial charge in [-0.05, 0) is 52.6 Å². The van der Waals surface area contributed by atoms with Crippen LogP contribution in [-0.2, 0) is 6.54 Å². The van der Waals surface area contributed by atoms with Crippen molar-refractivity contribution in [1.29, 1.82) is 0 Å². The molecule has 0 bridgehead atoms. The average molecular weight is 237 g/mol. The van der Waals surface area contributed by atoms with Crippen LogP contribution in [0.4, 0.5) is 0 Å². The van der Waals surface area contributed by atoms with Crippen LogP contribution in [0.25, 0.3) is 0 Å². The van der Waals surface area contributed by atoms with Crippen LogP contribution in [-0.4, -0.2) is 21.9 Å². The van der Waals surface area contributed by atoms with E-state index in [0.717, 1.165) is 13.1 Å². The number of nitrogens with one attached hydrogen (secondary N) is 1. The maximum Gasteiger partial charge on any atom is 0.0518 e. The van der Waals surface area contributed by atoms with Gasteiger partial charge in [-0.2, -0.15) is 5.10 Å². The first-order valence-corrected chi connectivity index (χ1v) is 6.71.